The van der Waals surface area contributed by atoms with E-state index in [-0.39, 0.29) is 29.4 Å². The van der Waals surface area contributed by atoms with Gasteiger partial charge in [0.15, 0.2) is 0 Å². The van der Waals surface area contributed by atoms with Crippen molar-refractivity contribution in [3.8, 4) is 5.75 Å². The quantitative estimate of drug-likeness (QED) is 0.845. The van der Waals surface area contributed by atoms with Gasteiger partial charge in [0, 0.05) is 24.5 Å². The Bertz CT molecular complexity index is 849. The van der Waals surface area contributed by atoms with E-state index in [0.717, 1.165) is 5.39 Å². The number of piperidine rings is 1. The highest BCUT2D eigenvalue weighted by atomic mass is 16.6. The number of phenols is 1. The molecule has 1 aliphatic heterocycles. The summed E-state index contributed by atoms with van der Waals surface area (Å²) in [7, 11) is 0. The first kappa shape index (κ1) is 19.0. The minimum Gasteiger partial charge on any atom is -0.506 e. The van der Waals surface area contributed by atoms with Crippen molar-refractivity contribution in [3.63, 3.8) is 0 Å². The molecule has 0 spiro atoms. The van der Waals surface area contributed by atoms with Gasteiger partial charge < -0.3 is 20.1 Å². The molecule has 3 rings (SSSR count). The zero-order chi connectivity index (χ0) is 19.6. The van der Waals surface area contributed by atoms with Gasteiger partial charge in [-0.2, -0.15) is 0 Å². The summed E-state index contributed by atoms with van der Waals surface area (Å²) in [4.78, 5) is 26.4. The zero-order valence-electron chi connectivity index (χ0n) is 16.0. The van der Waals surface area contributed by atoms with E-state index >= 15 is 0 Å². The number of hydrogen-bond acceptors (Lipinski definition) is 4. The summed E-state index contributed by atoms with van der Waals surface area (Å²) < 4.78 is 5.39. The number of rotatable bonds is 2. The second-order valence-electron chi connectivity index (χ2n) is 7.90. The highest BCUT2D eigenvalue weighted by Gasteiger charge is 2.28. The van der Waals surface area contributed by atoms with Crippen LogP contribution in [0.3, 0.4) is 0 Å². The standard InChI is InChI=1S/C21H26N2O4/c1-21(2,3)27-20(26)23-12-10-15(11-13-23)22-19(25)17-9-8-14-6-4-5-7-16(14)18(17)24/h4-9,15,24H,10-13H2,1-3H3,(H,22,25). The molecule has 0 aliphatic carbocycles. The first-order valence-electron chi connectivity index (χ1n) is 9.24. The number of hydrogen-bond donors (Lipinski definition) is 2. The predicted molar refractivity (Wildman–Crippen MR) is 104 cm³/mol. The predicted octanol–water partition coefficient (Wildman–Crippen LogP) is 3.67. The van der Waals surface area contributed by atoms with Crippen molar-refractivity contribution in [2.24, 2.45) is 0 Å². The van der Waals surface area contributed by atoms with E-state index in [0.29, 0.717) is 31.3 Å². The van der Waals surface area contributed by atoms with Crippen LogP contribution in [0, 0.1) is 0 Å². The van der Waals surface area contributed by atoms with Crippen molar-refractivity contribution in [1.29, 1.82) is 0 Å². The molecule has 0 bridgehead atoms. The van der Waals surface area contributed by atoms with Gasteiger partial charge >= 0.3 is 6.09 Å². The summed E-state index contributed by atoms with van der Waals surface area (Å²) in [6, 6.07) is 10.8. The van der Waals surface area contributed by atoms with Crippen LogP contribution in [0.5, 0.6) is 5.75 Å². The largest absolute Gasteiger partial charge is 0.506 e. The summed E-state index contributed by atoms with van der Waals surface area (Å²) in [5, 5.41) is 15.0. The molecule has 0 saturated carbocycles. The molecular formula is C21H26N2O4. The Balaban J connectivity index is 1.60. The SMILES string of the molecule is CC(C)(C)OC(=O)N1CCC(NC(=O)c2ccc3ccccc3c2O)CC1. The van der Waals surface area contributed by atoms with Crippen LogP contribution < -0.4 is 5.32 Å². The summed E-state index contributed by atoms with van der Waals surface area (Å²) in [6.07, 6.45) is 0.984. The Morgan fingerprint density at radius 2 is 1.78 bits per heavy atom. The Morgan fingerprint density at radius 3 is 2.44 bits per heavy atom. The maximum Gasteiger partial charge on any atom is 0.410 e. The van der Waals surface area contributed by atoms with Crippen LogP contribution in [0.1, 0.15) is 44.0 Å². The third-order valence-electron chi connectivity index (χ3n) is 4.63. The van der Waals surface area contributed by atoms with E-state index in [2.05, 4.69) is 5.32 Å². The van der Waals surface area contributed by atoms with Gasteiger partial charge in [0.1, 0.15) is 11.4 Å². The number of benzene rings is 2. The maximum atomic E-state index is 12.6. The highest BCUT2D eigenvalue weighted by molar-refractivity contribution is 6.03. The fourth-order valence-electron chi connectivity index (χ4n) is 3.23. The molecule has 0 unspecified atom stereocenters. The van der Waals surface area contributed by atoms with E-state index in [4.69, 9.17) is 4.74 Å². The smallest absolute Gasteiger partial charge is 0.410 e. The molecule has 2 aromatic carbocycles. The molecule has 2 aromatic rings. The van der Waals surface area contributed by atoms with Gasteiger partial charge in [0.25, 0.3) is 5.91 Å². The number of likely N-dealkylation sites (tertiary alicyclic amines) is 1. The topological polar surface area (TPSA) is 78.9 Å². The van der Waals surface area contributed by atoms with Crippen LogP contribution in [0.15, 0.2) is 36.4 Å². The molecule has 0 radical (unpaired) electrons. The van der Waals surface area contributed by atoms with Crippen LogP contribution in [-0.2, 0) is 4.74 Å². The van der Waals surface area contributed by atoms with Gasteiger partial charge in [-0.1, -0.05) is 30.3 Å². The lowest BCUT2D eigenvalue weighted by molar-refractivity contribution is 0.0199. The van der Waals surface area contributed by atoms with Gasteiger partial charge in [0.2, 0.25) is 0 Å². The summed E-state index contributed by atoms with van der Waals surface area (Å²) in [5.74, 6) is -0.300. The summed E-state index contributed by atoms with van der Waals surface area (Å²) in [5.41, 5.74) is -0.251. The Hall–Kier alpha value is -2.76. The fourth-order valence-corrected chi connectivity index (χ4v) is 3.23. The van der Waals surface area contributed by atoms with E-state index in [1.807, 2.05) is 45.0 Å². The van der Waals surface area contributed by atoms with Crippen LogP contribution in [0.25, 0.3) is 10.8 Å². The lowest BCUT2D eigenvalue weighted by Gasteiger charge is -2.33. The zero-order valence-corrected chi connectivity index (χ0v) is 16.0. The number of phenolic OH excluding ortho intramolecular Hbond substituents is 1. The number of ether oxygens (including phenoxy) is 1. The number of carbonyl (C=O) groups is 2. The van der Waals surface area contributed by atoms with E-state index in [1.165, 1.54) is 0 Å². The molecule has 0 aromatic heterocycles. The Kier molecular flexibility index (Phi) is 5.26. The molecule has 1 heterocycles. The summed E-state index contributed by atoms with van der Waals surface area (Å²) >= 11 is 0. The molecular weight excluding hydrogens is 344 g/mol. The van der Waals surface area contributed by atoms with Gasteiger partial charge in [-0.25, -0.2) is 4.79 Å². The molecule has 144 valence electrons. The normalized spacial score (nSPS) is 15.6. The molecule has 0 atom stereocenters. The van der Waals surface area contributed by atoms with E-state index < -0.39 is 5.60 Å². The van der Waals surface area contributed by atoms with E-state index in [1.54, 1.807) is 17.0 Å². The number of amides is 2. The molecule has 2 amide bonds. The molecule has 1 saturated heterocycles. The third-order valence-corrected chi connectivity index (χ3v) is 4.63. The maximum absolute atomic E-state index is 12.6. The van der Waals surface area contributed by atoms with Gasteiger partial charge in [-0.3, -0.25) is 4.79 Å². The molecule has 1 aliphatic rings. The van der Waals surface area contributed by atoms with Crippen molar-refractivity contribution in [1.82, 2.24) is 10.2 Å². The van der Waals surface area contributed by atoms with Gasteiger partial charge in [0.05, 0.1) is 5.56 Å². The Labute approximate surface area is 159 Å². The van der Waals surface area contributed by atoms with Crippen molar-refractivity contribution >= 4 is 22.8 Å². The highest BCUT2D eigenvalue weighted by Crippen LogP contribution is 2.28. The number of aromatic hydroxyl groups is 1. The van der Waals surface area contributed by atoms with Gasteiger partial charge in [-0.05, 0) is 45.1 Å². The van der Waals surface area contributed by atoms with Crippen molar-refractivity contribution in [2.75, 3.05) is 13.1 Å². The van der Waals surface area contributed by atoms with Crippen molar-refractivity contribution in [3.05, 3.63) is 42.0 Å². The first-order valence-corrected chi connectivity index (χ1v) is 9.24. The van der Waals surface area contributed by atoms with Gasteiger partial charge in [-0.15, -0.1) is 0 Å². The second kappa shape index (κ2) is 7.47. The fraction of sp³-hybridized carbons (Fsp3) is 0.429. The number of fused-ring (bicyclic) bond motifs is 1. The van der Waals surface area contributed by atoms with Crippen LogP contribution in [0.4, 0.5) is 4.79 Å². The monoisotopic (exact) mass is 370 g/mol. The van der Waals surface area contributed by atoms with E-state index in [9.17, 15) is 14.7 Å². The van der Waals surface area contributed by atoms with Crippen molar-refractivity contribution in [2.45, 2.75) is 45.3 Å². The van der Waals surface area contributed by atoms with Crippen molar-refractivity contribution < 1.29 is 19.4 Å². The average Bonchev–Trinajstić information content (AvgIpc) is 2.61. The number of nitrogens with zero attached hydrogens (tertiary/aromatic N) is 1. The Morgan fingerprint density at radius 1 is 1.11 bits per heavy atom. The lowest BCUT2D eigenvalue weighted by atomic mass is 10.0. The molecule has 1 fully saturated rings. The first-order chi connectivity index (χ1) is 12.7. The van der Waals surface area contributed by atoms with Crippen LogP contribution in [0.2, 0.25) is 0 Å². The molecule has 6 nitrogen and oxygen atoms in total. The molecule has 2 N–H and O–H groups in total. The third kappa shape index (κ3) is 4.51. The van der Waals surface area contributed by atoms with Crippen LogP contribution in [-0.4, -0.2) is 46.7 Å². The average molecular weight is 370 g/mol. The minimum absolute atomic E-state index is 0.00297. The number of nitrogens with one attached hydrogen (secondary N) is 1. The second-order valence-corrected chi connectivity index (χ2v) is 7.90. The lowest BCUT2D eigenvalue weighted by Crippen LogP contribution is -2.47. The van der Waals surface area contributed by atoms with Crippen LogP contribution >= 0.6 is 0 Å². The molecule has 6 heteroatoms. The molecule has 27 heavy (non-hydrogen) atoms. The number of carbonyl (C=O) groups excluding carboxylic acids is 2. The minimum atomic E-state index is -0.518. The summed E-state index contributed by atoms with van der Waals surface area (Å²) in [6.45, 7) is 6.59.